The Morgan fingerprint density at radius 2 is 1.92 bits per heavy atom. The Hall–Kier alpha value is -1.37. The van der Waals surface area contributed by atoms with Crippen LogP contribution in [0.25, 0.3) is 0 Å². The summed E-state index contributed by atoms with van der Waals surface area (Å²) in [4.78, 5) is 13.5. The van der Waals surface area contributed by atoms with E-state index in [1.165, 1.54) is 18.9 Å². The maximum absolute atomic E-state index is 11.2. The van der Waals surface area contributed by atoms with E-state index in [1.54, 1.807) is 19.2 Å². The van der Waals surface area contributed by atoms with E-state index in [9.17, 15) is 10.1 Å². The van der Waals surface area contributed by atoms with E-state index in [1.807, 2.05) is 0 Å². The van der Waals surface area contributed by atoms with Crippen LogP contribution in [-0.4, -0.2) is 47.7 Å². The molecular formula is C19H28ClN3O3. The zero-order valence-corrected chi connectivity index (χ0v) is 16.3. The van der Waals surface area contributed by atoms with E-state index < -0.39 is 0 Å². The van der Waals surface area contributed by atoms with Crippen molar-refractivity contribution in [3.05, 3.63) is 33.3 Å². The fourth-order valence-corrected chi connectivity index (χ4v) is 4.50. The van der Waals surface area contributed by atoms with Crippen LogP contribution in [0.1, 0.15) is 45.4 Å². The van der Waals surface area contributed by atoms with Crippen LogP contribution in [-0.2, 0) is 4.74 Å². The number of methoxy groups -OCH3 is 1. The number of rotatable bonds is 5. The largest absolute Gasteiger partial charge is 0.381 e. The molecular weight excluding hydrogens is 354 g/mol. The van der Waals surface area contributed by atoms with Gasteiger partial charge in [-0.05, 0) is 57.6 Å². The first-order chi connectivity index (χ1) is 12.4. The van der Waals surface area contributed by atoms with E-state index in [-0.39, 0.29) is 22.2 Å². The Bertz CT molecular complexity index is 639. The minimum Gasteiger partial charge on any atom is -0.381 e. The normalized spacial score (nSPS) is 28.0. The monoisotopic (exact) mass is 381 g/mol. The van der Waals surface area contributed by atoms with Gasteiger partial charge in [-0.1, -0.05) is 11.6 Å². The van der Waals surface area contributed by atoms with Crippen molar-refractivity contribution in [2.45, 2.75) is 63.1 Å². The number of ether oxygens (including phenoxy) is 1. The number of hydrogen-bond acceptors (Lipinski definition) is 5. The van der Waals surface area contributed by atoms with Crippen LogP contribution in [0, 0.1) is 10.1 Å². The Balaban J connectivity index is 1.58. The van der Waals surface area contributed by atoms with Gasteiger partial charge in [-0.15, -0.1) is 0 Å². The molecule has 0 amide bonds. The van der Waals surface area contributed by atoms with Crippen molar-refractivity contribution < 1.29 is 9.66 Å². The van der Waals surface area contributed by atoms with E-state index in [0.717, 1.165) is 38.8 Å². The molecule has 1 saturated carbocycles. The van der Waals surface area contributed by atoms with Gasteiger partial charge < -0.3 is 10.1 Å². The van der Waals surface area contributed by atoms with Crippen molar-refractivity contribution in [2.24, 2.45) is 0 Å². The standard InChI is InChI=1S/C19H28ClN3O3/c1-19(9-5-16(26-2)6-10-19)22-11-7-15(8-12-22)21-17-13-14(20)3-4-18(17)23(24)25/h3-4,13,15-16,21H,5-12H2,1-2H3/t16-,19-. The van der Waals surface area contributed by atoms with Gasteiger partial charge in [0.05, 0.1) is 11.0 Å². The van der Waals surface area contributed by atoms with Gasteiger partial charge in [-0.3, -0.25) is 15.0 Å². The lowest BCUT2D eigenvalue weighted by Gasteiger charge is -2.48. The Kier molecular flexibility index (Phi) is 6.05. The number of piperidine rings is 1. The molecule has 2 fully saturated rings. The molecule has 0 atom stereocenters. The molecule has 3 rings (SSSR count). The molecule has 2 aliphatic rings. The number of anilines is 1. The molecule has 0 bridgehead atoms. The summed E-state index contributed by atoms with van der Waals surface area (Å²) in [5.41, 5.74) is 0.858. The molecule has 144 valence electrons. The summed E-state index contributed by atoms with van der Waals surface area (Å²) in [6, 6.07) is 4.92. The van der Waals surface area contributed by atoms with E-state index in [4.69, 9.17) is 16.3 Å². The minimum absolute atomic E-state index is 0.0849. The van der Waals surface area contributed by atoms with Gasteiger partial charge in [0, 0.05) is 42.9 Å². The highest BCUT2D eigenvalue weighted by atomic mass is 35.5. The summed E-state index contributed by atoms with van der Waals surface area (Å²) in [5, 5.41) is 15.1. The lowest BCUT2D eigenvalue weighted by molar-refractivity contribution is -0.384. The Morgan fingerprint density at radius 3 is 2.50 bits per heavy atom. The highest BCUT2D eigenvalue weighted by Gasteiger charge is 2.38. The quantitative estimate of drug-likeness (QED) is 0.602. The highest BCUT2D eigenvalue weighted by Crippen LogP contribution is 2.37. The predicted octanol–water partition coefficient (Wildman–Crippen LogP) is 4.47. The summed E-state index contributed by atoms with van der Waals surface area (Å²) in [6.07, 6.45) is 6.96. The van der Waals surface area contributed by atoms with Gasteiger partial charge >= 0.3 is 0 Å². The van der Waals surface area contributed by atoms with Crippen molar-refractivity contribution in [2.75, 3.05) is 25.5 Å². The molecule has 1 heterocycles. The average Bonchev–Trinajstić information content (AvgIpc) is 2.63. The minimum atomic E-state index is -0.358. The first-order valence-electron chi connectivity index (χ1n) is 9.39. The number of likely N-dealkylation sites (tertiary alicyclic amines) is 1. The zero-order chi connectivity index (χ0) is 18.7. The van der Waals surface area contributed by atoms with Crippen LogP contribution in [0.2, 0.25) is 5.02 Å². The molecule has 0 radical (unpaired) electrons. The molecule has 0 spiro atoms. The molecule has 1 saturated heterocycles. The second kappa shape index (κ2) is 8.11. The number of nitrogens with one attached hydrogen (secondary N) is 1. The van der Waals surface area contributed by atoms with Crippen LogP contribution in [0.15, 0.2) is 18.2 Å². The third-order valence-corrected chi connectivity index (χ3v) is 6.35. The van der Waals surface area contributed by atoms with Crippen molar-refractivity contribution in [3.8, 4) is 0 Å². The predicted molar refractivity (Wildman–Crippen MR) is 104 cm³/mol. The van der Waals surface area contributed by atoms with Crippen LogP contribution in [0.4, 0.5) is 11.4 Å². The second-order valence-corrected chi connectivity index (χ2v) is 8.19. The Morgan fingerprint density at radius 1 is 1.27 bits per heavy atom. The maximum Gasteiger partial charge on any atom is 0.292 e. The fraction of sp³-hybridized carbons (Fsp3) is 0.684. The number of nitro groups is 1. The lowest BCUT2D eigenvalue weighted by atomic mass is 9.79. The molecule has 26 heavy (non-hydrogen) atoms. The van der Waals surface area contributed by atoms with Crippen molar-refractivity contribution >= 4 is 23.0 Å². The first-order valence-corrected chi connectivity index (χ1v) is 9.77. The third-order valence-electron chi connectivity index (χ3n) is 6.12. The summed E-state index contributed by atoms with van der Waals surface area (Å²) in [6.45, 7) is 4.40. The summed E-state index contributed by atoms with van der Waals surface area (Å²) < 4.78 is 5.50. The van der Waals surface area contributed by atoms with Crippen LogP contribution in [0.3, 0.4) is 0 Å². The first kappa shape index (κ1) is 19.4. The van der Waals surface area contributed by atoms with Gasteiger partial charge in [0.2, 0.25) is 0 Å². The molecule has 6 nitrogen and oxygen atoms in total. The van der Waals surface area contributed by atoms with Gasteiger partial charge in [-0.2, -0.15) is 0 Å². The van der Waals surface area contributed by atoms with Crippen LogP contribution >= 0.6 is 11.6 Å². The van der Waals surface area contributed by atoms with Crippen LogP contribution < -0.4 is 5.32 Å². The smallest absolute Gasteiger partial charge is 0.292 e. The second-order valence-electron chi connectivity index (χ2n) is 7.76. The molecule has 1 N–H and O–H groups in total. The number of hydrogen-bond donors (Lipinski definition) is 1. The van der Waals surface area contributed by atoms with E-state index in [2.05, 4.69) is 17.1 Å². The van der Waals surface area contributed by atoms with Gasteiger partial charge in [0.15, 0.2) is 0 Å². The lowest BCUT2D eigenvalue weighted by Crippen LogP contribution is -2.53. The average molecular weight is 382 g/mol. The molecule has 1 aromatic carbocycles. The van der Waals surface area contributed by atoms with Crippen LogP contribution in [0.5, 0.6) is 0 Å². The third kappa shape index (κ3) is 4.30. The topological polar surface area (TPSA) is 67.6 Å². The zero-order valence-electron chi connectivity index (χ0n) is 15.5. The van der Waals surface area contributed by atoms with E-state index >= 15 is 0 Å². The number of halogens is 1. The van der Waals surface area contributed by atoms with Crippen molar-refractivity contribution in [1.29, 1.82) is 0 Å². The number of nitro benzene ring substituents is 1. The molecule has 7 heteroatoms. The fourth-order valence-electron chi connectivity index (χ4n) is 4.33. The summed E-state index contributed by atoms with van der Waals surface area (Å²) >= 11 is 6.02. The summed E-state index contributed by atoms with van der Waals surface area (Å²) in [7, 11) is 1.81. The molecule has 1 aliphatic carbocycles. The van der Waals surface area contributed by atoms with Crippen molar-refractivity contribution in [1.82, 2.24) is 4.90 Å². The number of nitrogens with zero attached hydrogens (tertiary/aromatic N) is 2. The SMILES string of the molecule is CO[C@H]1CC[C@](C)(N2CCC(Nc3cc(Cl)ccc3[N+](=O)[O-])CC2)CC1. The van der Waals surface area contributed by atoms with Gasteiger partial charge in [-0.25, -0.2) is 0 Å². The van der Waals surface area contributed by atoms with Gasteiger partial charge in [0.25, 0.3) is 5.69 Å². The maximum atomic E-state index is 11.2. The molecule has 0 aromatic heterocycles. The van der Waals surface area contributed by atoms with E-state index in [0.29, 0.717) is 16.8 Å². The molecule has 0 unspecified atom stereocenters. The molecule has 1 aliphatic heterocycles. The summed E-state index contributed by atoms with van der Waals surface area (Å²) in [5.74, 6) is 0. The molecule has 1 aromatic rings. The van der Waals surface area contributed by atoms with Gasteiger partial charge in [0.1, 0.15) is 5.69 Å². The number of benzene rings is 1. The Labute approximate surface area is 160 Å². The highest BCUT2D eigenvalue weighted by molar-refractivity contribution is 6.31. The van der Waals surface area contributed by atoms with Crippen molar-refractivity contribution in [3.63, 3.8) is 0 Å².